The van der Waals surface area contributed by atoms with E-state index < -0.39 is 0 Å². The van der Waals surface area contributed by atoms with Crippen LogP contribution < -0.4 is 9.80 Å². The van der Waals surface area contributed by atoms with Crippen molar-refractivity contribution in [1.82, 2.24) is 4.98 Å². The van der Waals surface area contributed by atoms with Crippen molar-refractivity contribution in [2.24, 2.45) is 0 Å². The largest absolute Gasteiger partial charge is 0.338 e. The summed E-state index contributed by atoms with van der Waals surface area (Å²) in [6, 6.07) is 11.0. The molecule has 0 aliphatic rings. The summed E-state index contributed by atoms with van der Waals surface area (Å²) in [4.78, 5) is 20.8. The van der Waals surface area contributed by atoms with E-state index in [2.05, 4.69) is 25.1 Å². The Morgan fingerprint density at radius 2 is 1.96 bits per heavy atom. The molecule has 0 atom stereocenters. The van der Waals surface area contributed by atoms with Crippen molar-refractivity contribution >= 4 is 55.8 Å². The predicted molar refractivity (Wildman–Crippen MR) is 110 cm³/mol. The fraction of sp³-hybridized carbons (Fsp3) is 0.263. The molecule has 0 spiro atoms. The number of carbonyl (C=O) groups excluding carboxylic acids is 1. The number of halogens is 2. The highest BCUT2D eigenvalue weighted by Gasteiger charge is 2.24. The van der Waals surface area contributed by atoms with Gasteiger partial charge in [0.15, 0.2) is 5.13 Å². The van der Waals surface area contributed by atoms with Gasteiger partial charge in [0.05, 0.1) is 48.0 Å². The van der Waals surface area contributed by atoms with Crippen molar-refractivity contribution in [1.29, 1.82) is 0 Å². The quantitative estimate of drug-likeness (QED) is 0.698. The second-order valence-corrected chi connectivity index (χ2v) is 8.36. The van der Waals surface area contributed by atoms with E-state index in [-0.39, 0.29) is 5.91 Å². The number of aromatic nitrogens is 1. The smallest absolute Gasteiger partial charge is 0.261 e. The van der Waals surface area contributed by atoms with Crippen LogP contribution in [0.3, 0.4) is 0 Å². The van der Waals surface area contributed by atoms with E-state index in [1.807, 2.05) is 19.1 Å². The van der Waals surface area contributed by atoms with Gasteiger partial charge in [-0.05, 0) is 42.8 Å². The van der Waals surface area contributed by atoms with Crippen LogP contribution >= 0.6 is 34.5 Å². The predicted octanol–water partition coefficient (Wildman–Crippen LogP) is 3.70. The fourth-order valence-corrected chi connectivity index (χ4v) is 4.02. The first kappa shape index (κ1) is 19.1. The van der Waals surface area contributed by atoms with E-state index in [0.29, 0.717) is 27.3 Å². The van der Waals surface area contributed by atoms with Gasteiger partial charge in [-0.15, -0.1) is 0 Å². The molecule has 2 aromatic carbocycles. The third kappa shape index (κ3) is 4.18. The van der Waals surface area contributed by atoms with E-state index in [1.165, 1.54) is 21.8 Å². The topological polar surface area (TPSA) is 37.6 Å². The van der Waals surface area contributed by atoms with Gasteiger partial charge in [-0.2, -0.15) is 0 Å². The van der Waals surface area contributed by atoms with Gasteiger partial charge < -0.3 is 4.90 Å². The van der Waals surface area contributed by atoms with Crippen molar-refractivity contribution in [3.8, 4) is 0 Å². The summed E-state index contributed by atoms with van der Waals surface area (Å²) < 4.78 is 1.06. The van der Waals surface area contributed by atoms with Crippen molar-refractivity contribution in [2.75, 3.05) is 32.1 Å². The Hall–Kier alpha value is -1.66. The van der Waals surface area contributed by atoms with Gasteiger partial charge in [-0.25, -0.2) is 4.98 Å². The maximum absolute atomic E-state index is 13.2. The summed E-state index contributed by atoms with van der Waals surface area (Å²) in [7, 11) is 4.10. The molecule has 0 fully saturated rings. The van der Waals surface area contributed by atoms with E-state index in [9.17, 15) is 4.79 Å². The van der Waals surface area contributed by atoms with Gasteiger partial charge >= 0.3 is 0 Å². The second-order valence-electron chi connectivity index (χ2n) is 6.51. The molecule has 0 aliphatic heterocycles. The molecule has 0 aliphatic carbocycles. The van der Waals surface area contributed by atoms with Crippen LogP contribution in [-0.4, -0.2) is 38.1 Å². The van der Waals surface area contributed by atoms with E-state index >= 15 is 0 Å². The molecule has 4 nitrogen and oxygen atoms in total. The van der Waals surface area contributed by atoms with Crippen LogP contribution in [0.1, 0.15) is 15.9 Å². The summed E-state index contributed by atoms with van der Waals surface area (Å²) in [6.45, 7) is 3.38. The van der Waals surface area contributed by atoms with Crippen molar-refractivity contribution in [3.05, 3.63) is 57.6 Å². The zero-order valence-corrected chi connectivity index (χ0v) is 17.2. The molecule has 1 amide bonds. The number of quaternary nitrogens is 1. The lowest BCUT2D eigenvalue weighted by Gasteiger charge is -2.21. The van der Waals surface area contributed by atoms with Crippen LogP contribution in [0.2, 0.25) is 10.0 Å². The number of hydrogen-bond donors (Lipinski definition) is 1. The van der Waals surface area contributed by atoms with Gasteiger partial charge in [-0.3, -0.25) is 9.69 Å². The Bertz CT molecular complexity index is 955. The van der Waals surface area contributed by atoms with Crippen molar-refractivity contribution in [3.63, 3.8) is 0 Å². The molecule has 1 aromatic heterocycles. The molecule has 26 heavy (non-hydrogen) atoms. The van der Waals surface area contributed by atoms with Gasteiger partial charge in [-0.1, -0.05) is 40.6 Å². The number of fused-ring (bicyclic) bond motifs is 1. The maximum atomic E-state index is 13.2. The zero-order chi connectivity index (χ0) is 18.8. The minimum Gasteiger partial charge on any atom is -0.338 e. The Balaban J connectivity index is 2.03. The molecule has 1 heterocycles. The standard InChI is InChI=1S/C19H19Cl2N3OS/c1-12-4-7-16-17(10-12)26-19(22-16)24(9-8-23(2)3)18(25)14-11-13(20)5-6-15(14)21/h4-7,10-11H,8-9H2,1-3H3/p+1. The minimum absolute atomic E-state index is 0.186. The number of nitrogens with one attached hydrogen (secondary N) is 1. The third-order valence-corrected chi connectivity index (χ3v) is 5.61. The number of nitrogens with zero attached hydrogens (tertiary/aromatic N) is 2. The molecular formula is C19H20Cl2N3OS+. The van der Waals surface area contributed by atoms with Crippen LogP contribution in [0, 0.1) is 6.92 Å². The molecule has 0 bridgehead atoms. The number of anilines is 1. The number of rotatable bonds is 5. The maximum Gasteiger partial charge on any atom is 0.261 e. The van der Waals surface area contributed by atoms with E-state index in [0.717, 1.165) is 16.8 Å². The molecule has 0 radical (unpaired) electrons. The van der Waals surface area contributed by atoms with Crippen molar-refractivity contribution in [2.45, 2.75) is 6.92 Å². The number of aryl methyl sites for hydroxylation is 1. The second kappa shape index (κ2) is 7.92. The monoisotopic (exact) mass is 408 g/mol. The highest BCUT2D eigenvalue weighted by Crippen LogP contribution is 2.31. The summed E-state index contributed by atoms with van der Waals surface area (Å²) >= 11 is 13.8. The van der Waals surface area contributed by atoms with Crippen molar-refractivity contribution < 1.29 is 9.69 Å². The number of amides is 1. The molecule has 0 saturated carbocycles. The van der Waals surface area contributed by atoms with Crippen LogP contribution in [0.5, 0.6) is 0 Å². The highest BCUT2D eigenvalue weighted by molar-refractivity contribution is 7.22. The lowest BCUT2D eigenvalue weighted by atomic mass is 10.2. The average molecular weight is 409 g/mol. The SMILES string of the molecule is Cc1ccc2nc(N(CC[NH+](C)C)C(=O)c3cc(Cl)ccc3Cl)sc2c1. The Morgan fingerprint density at radius 1 is 1.19 bits per heavy atom. The molecule has 0 unspecified atom stereocenters. The van der Waals surface area contributed by atoms with Gasteiger partial charge in [0.1, 0.15) is 0 Å². The van der Waals surface area contributed by atoms with E-state index in [1.54, 1.807) is 23.1 Å². The van der Waals surface area contributed by atoms with Crippen LogP contribution in [0.15, 0.2) is 36.4 Å². The highest BCUT2D eigenvalue weighted by atomic mass is 35.5. The molecule has 3 aromatic rings. The summed E-state index contributed by atoms with van der Waals surface area (Å²) in [5.74, 6) is -0.186. The first-order valence-corrected chi connectivity index (χ1v) is 9.85. The van der Waals surface area contributed by atoms with Crippen LogP contribution in [-0.2, 0) is 0 Å². The average Bonchev–Trinajstić information content (AvgIpc) is 2.99. The number of hydrogen-bond acceptors (Lipinski definition) is 3. The number of thiazole rings is 1. The molecule has 0 saturated heterocycles. The Morgan fingerprint density at radius 3 is 2.69 bits per heavy atom. The molecule has 7 heteroatoms. The first-order valence-electron chi connectivity index (χ1n) is 8.28. The number of benzene rings is 2. The minimum atomic E-state index is -0.186. The lowest BCUT2D eigenvalue weighted by Crippen LogP contribution is -3.06. The zero-order valence-electron chi connectivity index (χ0n) is 14.8. The molecule has 3 rings (SSSR count). The molecular weight excluding hydrogens is 389 g/mol. The summed E-state index contributed by atoms with van der Waals surface area (Å²) in [5.41, 5.74) is 2.45. The lowest BCUT2D eigenvalue weighted by molar-refractivity contribution is -0.856. The fourth-order valence-electron chi connectivity index (χ4n) is 2.56. The summed E-state index contributed by atoms with van der Waals surface area (Å²) in [6.07, 6.45) is 0. The third-order valence-electron chi connectivity index (χ3n) is 4.00. The van der Waals surface area contributed by atoms with Gasteiger partial charge in [0, 0.05) is 5.02 Å². The number of carbonyl (C=O) groups is 1. The van der Waals surface area contributed by atoms with Crippen LogP contribution in [0.25, 0.3) is 10.2 Å². The first-order chi connectivity index (χ1) is 12.3. The normalized spacial score (nSPS) is 11.3. The molecule has 136 valence electrons. The Labute approximate surface area is 167 Å². The number of likely N-dealkylation sites (N-methyl/N-ethyl adjacent to an activating group) is 1. The van der Waals surface area contributed by atoms with Gasteiger partial charge in [0.2, 0.25) is 0 Å². The molecule has 1 N–H and O–H groups in total. The van der Waals surface area contributed by atoms with E-state index in [4.69, 9.17) is 23.2 Å². The van der Waals surface area contributed by atoms with Gasteiger partial charge in [0.25, 0.3) is 5.91 Å². The Kier molecular flexibility index (Phi) is 5.82. The summed E-state index contributed by atoms with van der Waals surface area (Å²) in [5, 5.41) is 1.54. The van der Waals surface area contributed by atoms with Crippen LogP contribution in [0.4, 0.5) is 5.13 Å².